The van der Waals surface area contributed by atoms with Gasteiger partial charge >= 0.3 is 0 Å². The van der Waals surface area contributed by atoms with E-state index >= 15 is 0 Å². The van der Waals surface area contributed by atoms with Crippen LogP contribution in [0.25, 0.3) is 0 Å². The fourth-order valence-electron chi connectivity index (χ4n) is 3.52. The van der Waals surface area contributed by atoms with Gasteiger partial charge in [-0.2, -0.15) is 0 Å². The van der Waals surface area contributed by atoms with E-state index in [1.54, 1.807) is 0 Å². The first kappa shape index (κ1) is 14.8. The van der Waals surface area contributed by atoms with Crippen molar-refractivity contribution >= 4 is 5.91 Å². The van der Waals surface area contributed by atoms with Crippen molar-refractivity contribution in [2.45, 2.75) is 52.2 Å². The van der Waals surface area contributed by atoms with Crippen LogP contribution in [0.4, 0.5) is 0 Å². The van der Waals surface area contributed by atoms with Gasteiger partial charge in [-0.3, -0.25) is 4.79 Å². The number of nitrogens with zero attached hydrogens (tertiary/aromatic N) is 1. The molecular formula is C15H28N2O2. The van der Waals surface area contributed by atoms with Crippen molar-refractivity contribution in [1.29, 1.82) is 0 Å². The number of ether oxygens (including phenoxy) is 1. The molecule has 0 spiro atoms. The van der Waals surface area contributed by atoms with E-state index in [2.05, 4.69) is 19.2 Å². The lowest BCUT2D eigenvalue weighted by Crippen LogP contribution is -2.63. The second-order valence-corrected chi connectivity index (χ2v) is 6.49. The van der Waals surface area contributed by atoms with Crippen LogP contribution in [0.1, 0.15) is 40.0 Å². The van der Waals surface area contributed by atoms with Gasteiger partial charge in [0.15, 0.2) is 0 Å². The minimum atomic E-state index is 0.0767. The zero-order valence-corrected chi connectivity index (χ0v) is 12.7. The lowest BCUT2D eigenvalue weighted by Gasteiger charge is -2.55. The number of piperidine rings is 1. The molecule has 0 unspecified atom stereocenters. The highest BCUT2D eigenvalue weighted by Gasteiger charge is 2.52. The molecule has 0 aromatic carbocycles. The van der Waals surface area contributed by atoms with E-state index in [1.807, 2.05) is 18.9 Å². The van der Waals surface area contributed by atoms with Gasteiger partial charge in [0.1, 0.15) is 0 Å². The molecule has 0 bridgehead atoms. The van der Waals surface area contributed by atoms with Gasteiger partial charge in [-0.15, -0.1) is 0 Å². The summed E-state index contributed by atoms with van der Waals surface area (Å²) in [5.74, 6) is 0.544. The van der Waals surface area contributed by atoms with Gasteiger partial charge in [0, 0.05) is 31.0 Å². The van der Waals surface area contributed by atoms with Crippen LogP contribution in [0.15, 0.2) is 0 Å². The summed E-state index contributed by atoms with van der Waals surface area (Å²) in [5, 5.41) is 3.32. The maximum absolute atomic E-state index is 12.5. The first-order chi connectivity index (χ1) is 8.98. The van der Waals surface area contributed by atoms with Crippen molar-refractivity contribution in [3.05, 3.63) is 0 Å². The van der Waals surface area contributed by atoms with Crippen molar-refractivity contribution in [1.82, 2.24) is 10.2 Å². The molecule has 1 amide bonds. The van der Waals surface area contributed by atoms with Crippen LogP contribution in [0.2, 0.25) is 0 Å². The Hall–Kier alpha value is -0.610. The molecule has 1 N–H and O–H groups in total. The van der Waals surface area contributed by atoms with E-state index in [4.69, 9.17) is 4.74 Å². The van der Waals surface area contributed by atoms with E-state index in [9.17, 15) is 4.79 Å². The maximum Gasteiger partial charge on any atom is 0.225 e. The molecule has 1 heterocycles. The van der Waals surface area contributed by atoms with Crippen LogP contribution in [-0.2, 0) is 9.53 Å². The highest BCUT2D eigenvalue weighted by molar-refractivity contribution is 5.79. The van der Waals surface area contributed by atoms with E-state index < -0.39 is 0 Å². The molecule has 19 heavy (non-hydrogen) atoms. The third-order valence-electron chi connectivity index (χ3n) is 5.00. The summed E-state index contributed by atoms with van der Waals surface area (Å²) in [6.07, 6.45) is 3.23. The molecule has 2 aliphatic rings. The summed E-state index contributed by atoms with van der Waals surface area (Å²) >= 11 is 0. The average molecular weight is 268 g/mol. The van der Waals surface area contributed by atoms with Gasteiger partial charge in [0.05, 0.1) is 6.10 Å². The van der Waals surface area contributed by atoms with Gasteiger partial charge in [0.25, 0.3) is 0 Å². The van der Waals surface area contributed by atoms with E-state index in [0.717, 1.165) is 39.0 Å². The highest BCUT2D eigenvalue weighted by Crippen LogP contribution is 2.45. The molecule has 4 heteroatoms. The number of nitrogens with one attached hydrogen (secondary N) is 1. The molecule has 1 aliphatic heterocycles. The van der Waals surface area contributed by atoms with Gasteiger partial charge in [0.2, 0.25) is 5.91 Å². The van der Waals surface area contributed by atoms with E-state index in [-0.39, 0.29) is 11.3 Å². The second-order valence-electron chi connectivity index (χ2n) is 6.49. The Kier molecular flexibility index (Phi) is 4.51. The predicted molar refractivity (Wildman–Crippen MR) is 76.0 cm³/mol. The largest absolute Gasteiger partial charge is 0.378 e. The van der Waals surface area contributed by atoms with Gasteiger partial charge in [-0.05, 0) is 39.3 Å². The minimum absolute atomic E-state index is 0.0767. The summed E-state index contributed by atoms with van der Waals surface area (Å²) in [5.41, 5.74) is 0.0767. The first-order valence-corrected chi connectivity index (χ1v) is 7.57. The van der Waals surface area contributed by atoms with Crippen molar-refractivity contribution in [2.24, 2.45) is 11.3 Å². The number of hydrogen-bond donors (Lipinski definition) is 1. The Morgan fingerprint density at radius 3 is 2.53 bits per heavy atom. The molecule has 2 rings (SSSR count). The zero-order valence-electron chi connectivity index (χ0n) is 12.7. The molecule has 1 aliphatic carbocycles. The number of amides is 1. The zero-order chi connectivity index (χ0) is 14.0. The number of hydrogen-bond acceptors (Lipinski definition) is 3. The second kappa shape index (κ2) is 5.80. The van der Waals surface area contributed by atoms with Crippen LogP contribution in [-0.4, -0.2) is 49.7 Å². The molecule has 0 aromatic heterocycles. The summed E-state index contributed by atoms with van der Waals surface area (Å²) in [7, 11) is 1.97. The summed E-state index contributed by atoms with van der Waals surface area (Å²) in [4.78, 5) is 14.5. The van der Waals surface area contributed by atoms with E-state index in [0.29, 0.717) is 18.1 Å². The van der Waals surface area contributed by atoms with Crippen LogP contribution in [0, 0.1) is 11.3 Å². The number of carbonyl (C=O) groups is 1. The van der Waals surface area contributed by atoms with Gasteiger partial charge < -0.3 is 15.0 Å². The molecule has 2 fully saturated rings. The fourth-order valence-corrected chi connectivity index (χ4v) is 3.52. The molecule has 1 saturated carbocycles. The average Bonchev–Trinajstić information content (AvgIpc) is 2.42. The van der Waals surface area contributed by atoms with Crippen molar-refractivity contribution in [3.63, 3.8) is 0 Å². The topological polar surface area (TPSA) is 41.6 Å². The van der Waals surface area contributed by atoms with Gasteiger partial charge in [-0.1, -0.05) is 13.8 Å². The summed E-state index contributed by atoms with van der Waals surface area (Å²) in [6, 6.07) is 0.325. The Morgan fingerprint density at radius 2 is 2.00 bits per heavy atom. The Labute approximate surface area is 116 Å². The van der Waals surface area contributed by atoms with Crippen LogP contribution in [0.3, 0.4) is 0 Å². The lowest BCUT2D eigenvalue weighted by molar-refractivity contribution is -0.166. The maximum atomic E-state index is 12.5. The standard InChI is InChI=1S/C15H28N2O2/c1-5-19-13-10-12(15(13,2)3)17(4)14(18)11-6-8-16-9-7-11/h11-13,16H,5-10H2,1-4H3/t12-,13+/m1/s1. The fraction of sp³-hybridized carbons (Fsp3) is 0.933. The molecule has 1 saturated heterocycles. The van der Waals surface area contributed by atoms with E-state index in [1.165, 1.54) is 0 Å². The third kappa shape index (κ3) is 2.79. The summed E-state index contributed by atoms with van der Waals surface area (Å²) in [6.45, 7) is 9.17. The third-order valence-corrected chi connectivity index (χ3v) is 5.00. The van der Waals surface area contributed by atoms with Crippen molar-refractivity contribution < 1.29 is 9.53 Å². The number of rotatable bonds is 4. The van der Waals surface area contributed by atoms with Crippen molar-refractivity contribution in [3.8, 4) is 0 Å². The normalized spacial score (nSPS) is 30.7. The molecule has 110 valence electrons. The highest BCUT2D eigenvalue weighted by atomic mass is 16.5. The smallest absolute Gasteiger partial charge is 0.225 e. The monoisotopic (exact) mass is 268 g/mol. The molecule has 0 aromatic rings. The first-order valence-electron chi connectivity index (χ1n) is 7.57. The quantitative estimate of drug-likeness (QED) is 0.843. The number of carbonyl (C=O) groups excluding carboxylic acids is 1. The molecule has 4 nitrogen and oxygen atoms in total. The minimum Gasteiger partial charge on any atom is -0.378 e. The Morgan fingerprint density at radius 1 is 1.37 bits per heavy atom. The van der Waals surface area contributed by atoms with Crippen molar-refractivity contribution in [2.75, 3.05) is 26.7 Å². The predicted octanol–water partition coefficient (Wildman–Crippen LogP) is 1.65. The van der Waals surface area contributed by atoms with Crippen LogP contribution >= 0.6 is 0 Å². The molecule has 2 atom stereocenters. The molecular weight excluding hydrogens is 240 g/mol. The van der Waals surface area contributed by atoms with Gasteiger partial charge in [-0.25, -0.2) is 0 Å². The molecule has 0 radical (unpaired) electrons. The summed E-state index contributed by atoms with van der Waals surface area (Å²) < 4.78 is 5.75. The SMILES string of the molecule is CCO[C@H]1C[C@@H](N(C)C(=O)C2CCNCC2)C1(C)C. The Balaban J connectivity index is 1.93. The Bertz CT molecular complexity index is 324. The lowest BCUT2D eigenvalue weighted by atomic mass is 9.63. The van der Waals surface area contributed by atoms with Crippen LogP contribution in [0.5, 0.6) is 0 Å². The van der Waals surface area contributed by atoms with Crippen LogP contribution < -0.4 is 5.32 Å².